The van der Waals surface area contributed by atoms with Crippen LogP contribution in [0.3, 0.4) is 0 Å². The van der Waals surface area contributed by atoms with Gasteiger partial charge in [0, 0.05) is 36.6 Å². The molecule has 1 fully saturated rings. The number of nitrogens with zero attached hydrogens (tertiary/aromatic N) is 2. The van der Waals surface area contributed by atoms with Crippen molar-refractivity contribution in [1.82, 2.24) is 9.88 Å². The third-order valence-electron chi connectivity index (χ3n) is 3.99. The number of likely N-dealkylation sites (tertiary alicyclic amines) is 1. The van der Waals surface area contributed by atoms with Crippen LogP contribution in [0.4, 0.5) is 5.69 Å². The molecule has 2 heterocycles. The molecular formula is C16H21N3. The summed E-state index contributed by atoms with van der Waals surface area (Å²) in [6, 6.07) is 8.46. The Balaban J connectivity index is 1.71. The summed E-state index contributed by atoms with van der Waals surface area (Å²) in [7, 11) is 2.22. The summed E-state index contributed by atoms with van der Waals surface area (Å²) < 4.78 is 0. The average molecular weight is 255 g/mol. The maximum atomic E-state index is 4.23. The molecule has 3 heteroatoms. The van der Waals surface area contributed by atoms with Gasteiger partial charge >= 0.3 is 0 Å². The quantitative estimate of drug-likeness (QED) is 0.914. The summed E-state index contributed by atoms with van der Waals surface area (Å²) in [6.45, 7) is 3.50. The van der Waals surface area contributed by atoms with Crippen molar-refractivity contribution in [3.8, 4) is 0 Å². The van der Waals surface area contributed by atoms with E-state index in [-0.39, 0.29) is 0 Å². The smallest absolute Gasteiger partial charge is 0.0435 e. The molecule has 1 unspecified atom stereocenters. The van der Waals surface area contributed by atoms with Crippen LogP contribution in [0.25, 0.3) is 10.8 Å². The predicted octanol–water partition coefficient (Wildman–Crippen LogP) is 2.99. The van der Waals surface area contributed by atoms with E-state index in [1.807, 2.05) is 12.4 Å². The average Bonchev–Trinajstić information content (AvgIpc) is 2.45. The molecule has 2 aromatic rings. The van der Waals surface area contributed by atoms with E-state index in [0.717, 1.165) is 12.5 Å². The van der Waals surface area contributed by atoms with Gasteiger partial charge in [0.05, 0.1) is 0 Å². The first kappa shape index (κ1) is 12.4. The molecule has 0 radical (unpaired) electrons. The Morgan fingerprint density at radius 3 is 3.21 bits per heavy atom. The van der Waals surface area contributed by atoms with Gasteiger partial charge in [-0.1, -0.05) is 12.1 Å². The van der Waals surface area contributed by atoms with Gasteiger partial charge in [0.1, 0.15) is 0 Å². The molecular weight excluding hydrogens is 234 g/mol. The number of pyridine rings is 1. The van der Waals surface area contributed by atoms with Crippen LogP contribution < -0.4 is 5.32 Å². The normalized spacial score (nSPS) is 20.6. The van der Waals surface area contributed by atoms with Gasteiger partial charge < -0.3 is 10.2 Å². The monoisotopic (exact) mass is 255 g/mol. The molecule has 0 aliphatic carbocycles. The van der Waals surface area contributed by atoms with Crippen molar-refractivity contribution in [1.29, 1.82) is 0 Å². The van der Waals surface area contributed by atoms with Gasteiger partial charge in [-0.05, 0) is 49.9 Å². The Morgan fingerprint density at radius 2 is 2.32 bits per heavy atom. The zero-order valence-corrected chi connectivity index (χ0v) is 11.5. The first-order valence-corrected chi connectivity index (χ1v) is 7.08. The molecule has 1 aromatic carbocycles. The fourth-order valence-electron chi connectivity index (χ4n) is 2.96. The van der Waals surface area contributed by atoms with E-state index in [1.165, 1.54) is 42.4 Å². The van der Waals surface area contributed by atoms with Crippen LogP contribution in [0.1, 0.15) is 12.8 Å². The van der Waals surface area contributed by atoms with Crippen LogP contribution >= 0.6 is 0 Å². The van der Waals surface area contributed by atoms with Gasteiger partial charge in [0.2, 0.25) is 0 Å². The highest BCUT2D eigenvalue weighted by atomic mass is 15.1. The molecule has 1 aromatic heterocycles. The minimum Gasteiger partial charge on any atom is -0.384 e. The molecule has 100 valence electrons. The number of benzene rings is 1. The number of anilines is 1. The van der Waals surface area contributed by atoms with E-state index < -0.39 is 0 Å². The Bertz CT molecular complexity index is 547. The minimum absolute atomic E-state index is 0.755. The SMILES string of the molecule is CN1CCCC(CNc2cccc3ccncc23)C1. The Kier molecular flexibility index (Phi) is 3.65. The highest BCUT2D eigenvalue weighted by Crippen LogP contribution is 2.23. The van der Waals surface area contributed by atoms with E-state index in [2.05, 4.69) is 46.5 Å². The number of rotatable bonds is 3. The molecule has 1 N–H and O–H groups in total. The van der Waals surface area contributed by atoms with Gasteiger partial charge in [-0.2, -0.15) is 0 Å². The van der Waals surface area contributed by atoms with Crippen LogP contribution in [-0.2, 0) is 0 Å². The van der Waals surface area contributed by atoms with Crippen LogP contribution in [0.15, 0.2) is 36.7 Å². The summed E-state index contributed by atoms with van der Waals surface area (Å²) in [5.74, 6) is 0.755. The predicted molar refractivity (Wildman–Crippen MR) is 80.5 cm³/mol. The van der Waals surface area contributed by atoms with Crippen molar-refractivity contribution >= 4 is 16.5 Å². The fourth-order valence-corrected chi connectivity index (χ4v) is 2.96. The third-order valence-corrected chi connectivity index (χ3v) is 3.99. The van der Waals surface area contributed by atoms with Crippen LogP contribution in [0.2, 0.25) is 0 Å². The van der Waals surface area contributed by atoms with Gasteiger partial charge in [0.15, 0.2) is 0 Å². The van der Waals surface area contributed by atoms with Gasteiger partial charge in [-0.25, -0.2) is 0 Å². The van der Waals surface area contributed by atoms with Crippen molar-refractivity contribution in [2.45, 2.75) is 12.8 Å². The molecule has 1 aliphatic heterocycles. The molecule has 0 amide bonds. The zero-order chi connectivity index (χ0) is 13.1. The fraction of sp³-hybridized carbons (Fsp3) is 0.438. The van der Waals surface area contributed by atoms with Gasteiger partial charge in [-0.15, -0.1) is 0 Å². The first-order chi connectivity index (χ1) is 9.33. The molecule has 1 atom stereocenters. The molecule has 1 saturated heterocycles. The second kappa shape index (κ2) is 5.57. The summed E-state index contributed by atoms with van der Waals surface area (Å²) in [5, 5.41) is 6.08. The summed E-state index contributed by atoms with van der Waals surface area (Å²) in [4.78, 5) is 6.66. The lowest BCUT2D eigenvalue weighted by molar-refractivity contribution is 0.217. The Morgan fingerprint density at radius 1 is 1.37 bits per heavy atom. The standard InChI is InChI=1S/C16H21N3/c1-19-9-3-4-13(12-19)10-18-16-6-2-5-14-7-8-17-11-15(14)16/h2,5-8,11,13,18H,3-4,9-10,12H2,1H3. The maximum absolute atomic E-state index is 4.23. The van der Waals surface area contributed by atoms with Crippen molar-refractivity contribution in [3.05, 3.63) is 36.7 Å². The van der Waals surface area contributed by atoms with Gasteiger partial charge in [0.25, 0.3) is 0 Å². The van der Waals surface area contributed by atoms with Crippen molar-refractivity contribution in [3.63, 3.8) is 0 Å². The second-order valence-corrected chi connectivity index (χ2v) is 5.55. The lowest BCUT2D eigenvalue weighted by atomic mass is 9.98. The molecule has 0 saturated carbocycles. The lowest BCUT2D eigenvalue weighted by Gasteiger charge is -2.30. The summed E-state index contributed by atoms with van der Waals surface area (Å²) in [5.41, 5.74) is 1.21. The molecule has 0 spiro atoms. The number of hydrogen-bond acceptors (Lipinski definition) is 3. The molecule has 3 nitrogen and oxygen atoms in total. The number of fused-ring (bicyclic) bond motifs is 1. The van der Waals surface area contributed by atoms with Crippen LogP contribution in [0, 0.1) is 5.92 Å². The van der Waals surface area contributed by atoms with E-state index in [9.17, 15) is 0 Å². The first-order valence-electron chi connectivity index (χ1n) is 7.08. The van der Waals surface area contributed by atoms with E-state index in [4.69, 9.17) is 0 Å². The highest BCUT2D eigenvalue weighted by Gasteiger charge is 2.16. The Labute approximate surface area is 114 Å². The lowest BCUT2D eigenvalue weighted by Crippen LogP contribution is -2.35. The molecule has 1 aliphatic rings. The number of piperidine rings is 1. The second-order valence-electron chi connectivity index (χ2n) is 5.55. The molecule has 19 heavy (non-hydrogen) atoms. The van der Waals surface area contributed by atoms with Crippen molar-refractivity contribution in [2.75, 3.05) is 32.0 Å². The highest BCUT2D eigenvalue weighted by molar-refractivity contribution is 5.93. The maximum Gasteiger partial charge on any atom is 0.0435 e. The van der Waals surface area contributed by atoms with E-state index in [1.54, 1.807) is 0 Å². The summed E-state index contributed by atoms with van der Waals surface area (Å²) in [6.07, 6.45) is 6.45. The van der Waals surface area contributed by atoms with Crippen LogP contribution in [0.5, 0.6) is 0 Å². The third kappa shape index (κ3) is 2.87. The topological polar surface area (TPSA) is 28.2 Å². The number of hydrogen-bond donors (Lipinski definition) is 1. The number of nitrogens with one attached hydrogen (secondary N) is 1. The van der Waals surface area contributed by atoms with Crippen molar-refractivity contribution < 1.29 is 0 Å². The summed E-state index contributed by atoms with van der Waals surface area (Å²) >= 11 is 0. The largest absolute Gasteiger partial charge is 0.384 e. The van der Waals surface area contributed by atoms with Crippen LogP contribution in [-0.4, -0.2) is 36.6 Å². The van der Waals surface area contributed by atoms with E-state index >= 15 is 0 Å². The molecule has 3 rings (SSSR count). The number of aromatic nitrogens is 1. The minimum atomic E-state index is 0.755. The van der Waals surface area contributed by atoms with Gasteiger partial charge in [-0.3, -0.25) is 4.98 Å². The Hall–Kier alpha value is -1.61. The molecule has 0 bridgehead atoms. The van der Waals surface area contributed by atoms with E-state index in [0.29, 0.717) is 0 Å². The zero-order valence-electron chi connectivity index (χ0n) is 11.5. The van der Waals surface area contributed by atoms with Crippen molar-refractivity contribution in [2.24, 2.45) is 5.92 Å².